The molecule has 296 valence electrons. The molecule has 7 rings (SSSR count). The van der Waals surface area contributed by atoms with Gasteiger partial charge >= 0.3 is 0 Å². The number of hydrogen-bond acceptors (Lipinski definition) is 5. The van der Waals surface area contributed by atoms with E-state index in [1.54, 1.807) is 13.2 Å². The number of unbranched alkanes of at least 4 members (excludes halogenated alkanes) is 8. The first-order chi connectivity index (χ1) is 27.1. The number of methoxy groups -OCH3 is 1. The molecule has 1 spiro atoms. The van der Waals surface area contributed by atoms with Crippen molar-refractivity contribution >= 4 is 11.6 Å². The standard InChI is InChI=1S/C51H62O5/c1-49(2)35-55-51(56-36-49)33-31-45-47-42(30-32-50(45,51)3)41-29-28-40(54-4)34-44(41)48(53)43(47)20-16-11-9-7-5-6-8-10-12-17-21-46(52)39-26-24-38(25-27-39)23-22-37-18-14-13-15-19-37/h13-15,17-19,21,24-29,34,42-43,45,47H,5-12,16,20,30-33,35-36H2,1-4H3/b21-17+/t42-,43+,45+,47+,50+/m1/s1. The van der Waals surface area contributed by atoms with Crippen LogP contribution in [0.25, 0.3) is 0 Å². The molecule has 0 bridgehead atoms. The van der Waals surface area contributed by atoms with Gasteiger partial charge in [0.05, 0.1) is 20.3 Å². The number of ketones is 2. The summed E-state index contributed by atoms with van der Waals surface area (Å²) in [6.45, 7) is 8.33. The third-order valence-electron chi connectivity index (χ3n) is 13.7. The predicted molar refractivity (Wildman–Crippen MR) is 224 cm³/mol. The van der Waals surface area contributed by atoms with Gasteiger partial charge in [-0.05, 0) is 116 Å². The highest BCUT2D eigenvalue weighted by Crippen LogP contribution is 2.67. The summed E-state index contributed by atoms with van der Waals surface area (Å²) in [5.41, 5.74) is 4.67. The molecular weight excluding hydrogens is 693 g/mol. The second kappa shape index (κ2) is 17.7. The van der Waals surface area contributed by atoms with Crippen molar-refractivity contribution in [1.29, 1.82) is 0 Å². The molecule has 0 amide bonds. The Kier molecular flexibility index (Phi) is 12.7. The predicted octanol–water partition coefficient (Wildman–Crippen LogP) is 11.9. The fourth-order valence-corrected chi connectivity index (χ4v) is 10.5. The van der Waals surface area contributed by atoms with Crippen LogP contribution in [-0.2, 0) is 9.47 Å². The Balaban J connectivity index is 0.847. The number of Topliss-reactive ketones (excluding diaryl/α,β-unsaturated/α-hetero) is 1. The molecule has 1 aliphatic heterocycles. The zero-order valence-corrected chi connectivity index (χ0v) is 34.2. The van der Waals surface area contributed by atoms with Crippen molar-refractivity contribution in [2.24, 2.45) is 28.6 Å². The lowest BCUT2D eigenvalue weighted by Gasteiger charge is -2.57. The van der Waals surface area contributed by atoms with Crippen molar-refractivity contribution in [3.63, 3.8) is 0 Å². The summed E-state index contributed by atoms with van der Waals surface area (Å²) >= 11 is 0. The molecule has 3 aromatic rings. The van der Waals surface area contributed by atoms with Crippen LogP contribution in [-0.4, -0.2) is 37.7 Å². The molecule has 5 nitrogen and oxygen atoms in total. The van der Waals surface area contributed by atoms with Gasteiger partial charge in [-0.1, -0.05) is 108 Å². The highest BCUT2D eigenvalue weighted by Gasteiger charge is 2.67. The monoisotopic (exact) mass is 754 g/mol. The normalized spacial score (nSPS) is 25.9. The van der Waals surface area contributed by atoms with Crippen molar-refractivity contribution < 1.29 is 23.8 Å². The molecule has 3 fully saturated rings. The van der Waals surface area contributed by atoms with Gasteiger partial charge < -0.3 is 14.2 Å². The molecule has 0 N–H and O–H groups in total. The molecule has 1 heterocycles. The van der Waals surface area contributed by atoms with E-state index in [1.165, 1.54) is 44.1 Å². The topological polar surface area (TPSA) is 61.8 Å². The Bertz CT molecular complexity index is 1900. The molecule has 3 aromatic carbocycles. The van der Waals surface area contributed by atoms with Gasteiger partial charge in [-0.15, -0.1) is 0 Å². The summed E-state index contributed by atoms with van der Waals surface area (Å²) in [5.74, 6) is 8.14. The number of benzene rings is 3. The number of fused-ring (bicyclic) bond motifs is 6. The Hall–Kier alpha value is -3.98. The van der Waals surface area contributed by atoms with Gasteiger partial charge in [0.25, 0.3) is 0 Å². The van der Waals surface area contributed by atoms with Crippen molar-refractivity contribution in [3.8, 4) is 17.6 Å². The minimum absolute atomic E-state index is 0.0337. The van der Waals surface area contributed by atoms with Gasteiger partial charge in [0, 0.05) is 45.4 Å². The van der Waals surface area contributed by atoms with Crippen LogP contribution < -0.4 is 4.74 Å². The Labute approximate surface area is 336 Å². The van der Waals surface area contributed by atoms with E-state index in [0.717, 1.165) is 87.0 Å². The number of hydrogen-bond donors (Lipinski definition) is 0. The smallest absolute Gasteiger partial charge is 0.185 e. The number of carbonyl (C=O) groups is 2. The highest BCUT2D eigenvalue weighted by molar-refractivity contribution is 6.04. The first-order valence-electron chi connectivity index (χ1n) is 21.5. The Morgan fingerprint density at radius 2 is 1.46 bits per heavy atom. The summed E-state index contributed by atoms with van der Waals surface area (Å²) in [6, 6.07) is 23.7. The first kappa shape index (κ1) is 40.2. The maximum atomic E-state index is 14.4. The average molecular weight is 755 g/mol. The van der Waals surface area contributed by atoms with E-state index < -0.39 is 5.79 Å². The lowest BCUT2D eigenvalue weighted by atomic mass is 9.51. The average Bonchev–Trinajstić information content (AvgIpc) is 3.51. The lowest BCUT2D eigenvalue weighted by molar-refractivity contribution is -0.345. The van der Waals surface area contributed by atoms with Gasteiger partial charge in [-0.2, -0.15) is 0 Å². The molecule has 2 saturated carbocycles. The van der Waals surface area contributed by atoms with Crippen LogP contribution >= 0.6 is 0 Å². The zero-order chi connectivity index (χ0) is 39.2. The first-order valence-corrected chi connectivity index (χ1v) is 21.5. The number of rotatable bonds is 14. The summed E-state index contributed by atoms with van der Waals surface area (Å²) in [4.78, 5) is 27.1. The number of carbonyl (C=O) groups excluding carboxylic acids is 2. The van der Waals surface area contributed by atoms with E-state index in [0.29, 0.717) is 29.1 Å². The van der Waals surface area contributed by atoms with E-state index in [4.69, 9.17) is 14.2 Å². The van der Waals surface area contributed by atoms with E-state index in [1.807, 2.05) is 72.8 Å². The summed E-state index contributed by atoms with van der Waals surface area (Å²) in [7, 11) is 1.69. The van der Waals surface area contributed by atoms with Crippen LogP contribution in [0.3, 0.4) is 0 Å². The molecule has 5 atom stereocenters. The van der Waals surface area contributed by atoms with Gasteiger partial charge in [0.1, 0.15) is 5.75 Å². The highest BCUT2D eigenvalue weighted by atomic mass is 16.7. The molecule has 0 unspecified atom stereocenters. The van der Waals surface area contributed by atoms with Crippen LogP contribution in [0.2, 0.25) is 0 Å². The van der Waals surface area contributed by atoms with Crippen molar-refractivity contribution in [2.75, 3.05) is 20.3 Å². The van der Waals surface area contributed by atoms with Crippen LogP contribution in [0, 0.1) is 40.4 Å². The molecule has 1 saturated heterocycles. The van der Waals surface area contributed by atoms with E-state index in [9.17, 15) is 9.59 Å². The van der Waals surface area contributed by atoms with Crippen LogP contribution in [0.1, 0.15) is 154 Å². The largest absolute Gasteiger partial charge is 0.497 e. The SMILES string of the molecule is COc1ccc2c(c1)C(=O)[C@@H](CCCCCCCCCC/C=C/C(=O)c1ccc(C#Cc3ccccc3)cc1)[C@@H]1[C@@H]2CC[C@@]2(C)[C@H]1CCC21OCC(C)(C)CO1. The molecular formula is C51H62O5. The van der Waals surface area contributed by atoms with Crippen LogP contribution in [0.5, 0.6) is 5.75 Å². The Morgan fingerprint density at radius 3 is 2.16 bits per heavy atom. The van der Waals surface area contributed by atoms with E-state index >= 15 is 0 Å². The molecule has 56 heavy (non-hydrogen) atoms. The summed E-state index contributed by atoms with van der Waals surface area (Å²) in [6.07, 6.45) is 19.2. The fraction of sp³-hybridized carbons (Fsp3) is 0.529. The zero-order valence-electron chi connectivity index (χ0n) is 34.2. The van der Waals surface area contributed by atoms with Gasteiger partial charge in [-0.3, -0.25) is 9.59 Å². The number of ether oxygens (including phenoxy) is 3. The summed E-state index contributed by atoms with van der Waals surface area (Å²) < 4.78 is 19.1. The summed E-state index contributed by atoms with van der Waals surface area (Å²) in [5, 5.41) is 0. The second-order valence-electron chi connectivity index (χ2n) is 18.1. The molecule has 5 heteroatoms. The maximum Gasteiger partial charge on any atom is 0.185 e. The molecule has 0 aromatic heterocycles. The maximum absolute atomic E-state index is 14.4. The van der Waals surface area contributed by atoms with Crippen LogP contribution in [0.15, 0.2) is 84.9 Å². The van der Waals surface area contributed by atoms with Crippen molar-refractivity contribution in [1.82, 2.24) is 0 Å². The van der Waals surface area contributed by atoms with E-state index in [-0.39, 0.29) is 22.5 Å². The lowest BCUT2D eigenvalue weighted by Crippen LogP contribution is -2.59. The molecule has 3 aliphatic carbocycles. The van der Waals surface area contributed by atoms with Gasteiger partial charge in [-0.25, -0.2) is 0 Å². The van der Waals surface area contributed by atoms with Crippen molar-refractivity contribution in [3.05, 3.63) is 113 Å². The van der Waals surface area contributed by atoms with Gasteiger partial charge in [0.2, 0.25) is 0 Å². The molecule has 4 aliphatic rings. The minimum atomic E-state index is -0.522. The molecule has 0 radical (unpaired) electrons. The van der Waals surface area contributed by atoms with Crippen LogP contribution in [0.4, 0.5) is 0 Å². The minimum Gasteiger partial charge on any atom is -0.497 e. The van der Waals surface area contributed by atoms with Gasteiger partial charge in [0.15, 0.2) is 17.4 Å². The third kappa shape index (κ3) is 8.63. The Morgan fingerprint density at radius 1 is 0.804 bits per heavy atom. The fourth-order valence-electron chi connectivity index (χ4n) is 10.5. The quantitative estimate of drug-likeness (QED) is 0.0710. The third-order valence-corrected chi connectivity index (χ3v) is 13.7. The number of allylic oxidation sites excluding steroid dienone is 2. The van der Waals surface area contributed by atoms with Crippen molar-refractivity contribution in [2.45, 2.75) is 122 Å². The second-order valence-corrected chi connectivity index (χ2v) is 18.1. The van der Waals surface area contributed by atoms with E-state index in [2.05, 4.69) is 38.7 Å².